The fourth-order valence-corrected chi connectivity index (χ4v) is 3.17. The molecule has 6 nitrogen and oxygen atoms in total. The second-order valence-corrected chi connectivity index (χ2v) is 7.38. The third-order valence-corrected chi connectivity index (χ3v) is 4.90. The van der Waals surface area contributed by atoms with E-state index in [-0.39, 0.29) is 17.6 Å². The average molecular weight is 348 g/mol. The summed E-state index contributed by atoms with van der Waals surface area (Å²) >= 11 is 11.7. The molecule has 112 valence electrons. The van der Waals surface area contributed by atoms with Crippen LogP contribution in [0.3, 0.4) is 0 Å². The quantitative estimate of drug-likeness (QED) is 0.897. The van der Waals surface area contributed by atoms with Crippen molar-refractivity contribution in [2.45, 2.75) is 24.5 Å². The van der Waals surface area contributed by atoms with E-state index in [1.165, 1.54) is 6.07 Å². The van der Waals surface area contributed by atoms with Gasteiger partial charge in [0.1, 0.15) is 0 Å². The molecule has 1 aliphatic rings. The van der Waals surface area contributed by atoms with E-state index >= 15 is 0 Å². The minimum atomic E-state index is -3.65. The molecule has 1 aliphatic carbocycles. The van der Waals surface area contributed by atoms with E-state index in [9.17, 15) is 8.42 Å². The van der Waals surface area contributed by atoms with Crippen LogP contribution in [0.4, 0.5) is 5.95 Å². The Bertz CT molecular complexity index is 772. The van der Waals surface area contributed by atoms with Gasteiger partial charge >= 0.3 is 0 Å². The second-order valence-electron chi connectivity index (χ2n) is 4.84. The van der Waals surface area contributed by atoms with Gasteiger partial charge in [-0.25, -0.2) is 13.1 Å². The number of hydrogen-bond donors (Lipinski definition) is 1. The van der Waals surface area contributed by atoms with Crippen molar-refractivity contribution in [3.63, 3.8) is 0 Å². The Morgan fingerprint density at radius 1 is 1.29 bits per heavy atom. The van der Waals surface area contributed by atoms with E-state index in [4.69, 9.17) is 27.7 Å². The Morgan fingerprint density at radius 3 is 2.71 bits per heavy atom. The molecule has 0 atom stereocenters. The van der Waals surface area contributed by atoms with Crippen molar-refractivity contribution in [1.82, 2.24) is 10.1 Å². The first-order chi connectivity index (χ1) is 9.93. The predicted octanol–water partition coefficient (Wildman–Crippen LogP) is 3.20. The molecule has 1 aromatic heterocycles. The molecule has 1 aromatic carbocycles. The van der Waals surface area contributed by atoms with Crippen LogP contribution < -0.4 is 4.72 Å². The first kappa shape index (κ1) is 14.6. The molecule has 0 aliphatic heterocycles. The van der Waals surface area contributed by atoms with Crippen LogP contribution in [0.15, 0.2) is 22.7 Å². The van der Waals surface area contributed by atoms with Crippen LogP contribution in [0.1, 0.15) is 30.2 Å². The molecule has 1 heterocycles. The SMILES string of the molecule is O=S(=O)(Cc1ccc(Cl)c(Cl)c1)Nc1noc(C2CC2)n1. The summed E-state index contributed by atoms with van der Waals surface area (Å²) in [6.07, 6.45) is 2.00. The maximum atomic E-state index is 12.1. The number of nitrogens with zero attached hydrogens (tertiary/aromatic N) is 2. The topological polar surface area (TPSA) is 85.1 Å². The minimum Gasteiger partial charge on any atom is -0.337 e. The Labute approximate surface area is 131 Å². The molecule has 0 unspecified atom stereocenters. The molecule has 0 saturated heterocycles. The summed E-state index contributed by atoms with van der Waals surface area (Å²) in [6, 6.07) is 4.66. The van der Waals surface area contributed by atoms with Gasteiger partial charge in [-0.3, -0.25) is 0 Å². The molecule has 2 aromatic rings. The molecule has 0 spiro atoms. The molecule has 1 N–H and O–H groups in total. The first-order valence-electron chi connectivity index (χ1n) is 6.21. The summed E-state index contributed by atoms with van der Waals surface area (Å²) in [5, 5.41) is 4.29. The van der Waals surface area contributed by atoms with Gasteiger partial charge in [-0.2, -0.15) is 4.98 Å². The zero-order valence-corrected chi connectivity index (χ0v) is 13.0. The average Bonchev–Trinajstić information content (AvgIpc) is 3.15. The van der Waals surface area contributed by atoms with Gasteiger partial charge in [-0.1, -0.05) is 29.3 Å². The van der Waals surface area contributed by atoms with Gasteiger partial charge in [0, 0.05) is 5.92 Å². The van der Waals surface area contributed by atoms with Crippen molar-refractivity contribution in [1.29, 1.82) is 0 Å². The summed E-state index contributed by atoms with van der Waals surface area (Å²) in [5.41, 5.74) is 0.516. The monoisotopic (exact) mass is 347 g/mol. The number of sulfonamides is 1. The molecular weight excluding hydrogens is 337 g/mol. The van der Waals surface area contributed by atoms with Crippen LogP contribution in [0, 0.1) is 0 Å². The van der Waals surface area contributed by atoms with Gasteiger partial charge in [0.25, 0.3) is 5.95 Å². The van der Waals surface area contributed by atoms with Gasteiger partial charge in [0.05, 0.1) is 15.8 Å². The van der Waals surface area contributed by atoms with E-state index in [2.05, 4.69) is 14.9 Å². The van der Waals surface area contributed by atoms with Crippen molar-refractivity contribution in [2.24, 2.45) is 0 Å². The molecule has 1 saturated carbocycles. The van der Waals surface area contributed by atoms with Crippen LogP contribution >= 0.6 is 23.2 Å². The molecule has 0 radical (unpaired) electrons. The van der Waals surface area contributed by atoms with Gasteiger partial charge in [-0.05, 0) is 35.7 Å². The van der Waals surface area contributed by atoms with E-state index in [1.807, 2.05) is 0 Å². The van der Waals surface area contributed by atoms with Gasteiger partial charge in [0.15, 0.2) is 0 Å². The third-order valence-electron chi connectivity index (χ3n) is 2.96. The largest absolute Gasteiger partial charge is 0.337 e. The highest BCUT2D eigenvalue weighted by atomic mass is 35.5. The maximum Gasteiger partial charge on any atom is 0.277 e. The lowest BCUT2D eigenvalue weighted by molar-refractivity contribution is 0.380. The fourth-order valence-electron chi connectivity index (χ4n) is 1.80. The van der Waals surface area contributed by atoms with E-state index < -0.39 is 10.0 Å². The van der Waals surface area contributed by atoms with Crippen molar-refractivity contribution in [3.05, 3.63) is 39.7 Å². The van der Waals surface area contributed by atoms with Crippen molar-refractivity contribution >= 4 is 39.2 Å². The van der Waals surface area contributed by atoms with Crippen molar-refractivity contribution < 1.29 is 12.9 Å². The van der Waals surface area contributed by atoms with E-state index in [1.54, 1.807) is 12.1 Å². The Hall–Kier alpha value is -1.31. The van der Waals surface area contributed by atoms with E-state index in [0.717, 1.165) is 12.8 Å². The summed E-state index contributed by atoms with van der Waals surface area (Å²) in [6.45, 7) is 0. The number of anilines is 1. The fraction of sp³-hybridized carbons (Fsp3) is 0.333. The van der Waals surface area contributed by atoms with Crippen LogP contribution in [-0.2, 0) is 15.8 Å². The Morgan fingerprint density at radius 2 is 2.05 bits per heavy atom. The highest BCUT2D eigenvalue weighted by molar-refractivity contribution is 7.91. The van der Waals surface area contributed by atoms with Crippen LogP contribution in [0.5, 0.6) is 0 Å². The number of aromatic nitrogens is 2. The standard InChI is InChI=1S/C12H11Cl2N3O3S/c13-9-4-1-7(5-10(9)14)6-21(18,19)17-12-15-11(20-16-12)8-2-3-8/h1,4-5,8H,2-3,6H2,(H,16,17). The molecule has 1 fully saturated rings. The van der Waals surface area contributed by atoms with Gasteiger partial charge < -0.3 is 4.52 Å². The number of hydrogen-bond acceptors (Lipinski definition) is 5. The lowest BCUT2D eigenvalue weighted by Crippen LogP contribution is -2.16. The minimum absolute atomic E-state index is 0.0445. The normalized spacial score (nSPS) is 15.1. The summed E-state index contributed by atoms with van der Waals surface area (Å²) in [5.74, 6) is 0.446. The second kappa shape index (κ2) is 5.47. The molecule has 0 bridgehead atoms. The Balaban J connectivity index is 1.71. The smallest absolute Gasteiger partial charge is 0.277 e. The maximum absolute atomic E-state index is 12.1. The highest BCUT2D eigenvalue weighted by Crippen LogP contribution is 2.39. The van der Waals surface area contributed by atoms with Crippen molar-refractivity contribution in [2.75, 3.05) is 4.72 Å². The molecule has 21 heavy (non-hydrogen) atoms. The predicted molar refractivity (Wildman–Crippen MR) is 79.0 cm³/mol. The molecule has 3 rings (SSSR count). The Kier molecular flexibility index (Phi) is 3.81. The zero-order valence-electron chi connectivity index (χ0n) is 10.7. The van der Waals surface area contributed by atoms with Crippen molar-refractivity contribution in [3.8, 4) is 0 Å². The summed E-state index contributed by atoms with van der Waals surface area (Å²) in [4.78, 5) is 4.02. The third kappa shape index (κ3) is 3.66. The number of rotatable bonds is 5. The zero-order chi connectivity index (χ0) is 15.0. The van der Waals surface area contributed by atoms with Gasteiger partial charge in [0.2, 0.25) is 15.9 Å². The molecule has 9 heteroatoms. The van der Waals surface area contributed by atoms with Crippen LogP contribution in [-0.4, -0.2) is 18.6 Å². The molecular formula is C12H11Cl2N3O3S. The summed E-state index contributed by atoms with van der Waals surface area (Å²) < 4.78 is 31.4. The number of nitrogens with one attached hydrogen (secondary N) is 1. The number of halogens is 2. The van der Waals surface area contributed by atoms with Crippen LogP contribution in [0.25, 0.3) is 0 Å². The lowest BCUT2D eigenvalue weighted by Gasteiger charge is -2.05. The molecule has 0 amide bonds. The summed E-state index contributed by atoms with van der Waals surface area (Å²) in [7, 11) is -3.65. The first-order valence-corrected chi connectivity index (χ1v) is 8.62. The van der Waals surface area contributed by atoms with Gasteiger partial charge in [-0.15, -0.1) is 0 Å². The van der Waals surface area contributed by atoms with E-state index in [0.29, 0.717) is 21.5 Å². The van der Waals surface area contributed by atoms with Crippen LogP contribution in [0.2, 0.25) is 10.0 Å². The lowest BCUT2D eigenvalue weighted by atomic mass is 10.2. The number of benzene rings is 1. The highest BCUT2D eigenvalue weighted by Gasteiger charge is 2.30.